The zero-order valence-electron chi connectivity index (χ0n) is 7.62. The topological polar surface area (TPSA) is 38.9 Å². The first-order valence-electron chi connectivity index (χ1n) is 4.45. The summed E-state index contributed by atoms with van der Waals surface area (Å²) in [5.41, 5.74) is 7.89. The number of benzene rings is 1. The largest absolute Gasteiger partial charge is 0.384 e. The number of aromatic nitrogens is 1. The molecule has 0 atom stereocenters. The van der Waals surface area contributed by atoms with Crippen LogP contribution < -0.4 is 5.73 Å². The molecule has 0 spiro atoms. The Kier molecular flexibility index (Phi) is 1.89. The zero-order chi connectivity index (χ0) is 9.26. The Labute approximate surface area is 77.4 Å². The molecule has 0 aliphatic heterocycles. The summed E-state index contributed by atoms with van der Waals surface area (Å²) < 4.78 is 0. The Morgan fingerprint density at radius 2 is 2.08 bits per heavy atom. The van der Waals surface area contributed by atoms with Crippen molar-refractivity contribution in [3.05, 3.63) is 35.9 Å². The second-order valence-electron chi connectivity index (χ2n) is 3.12. The first kappa shape index (κ1) is 8.05. The molecule has 0 radical (unpaired) electrons. The standard InChI is InChI=1S/C11H12N2/c1-2-8-3-5-10-9(7-8)4-6-11(12)13-10/h3-7H,2H2,1H3,(H2,12,13). The molecule has 0 fully saturated rings. The molecule has 1 aromatic carbocycles. The smallest absolute Gasteiger partial charge is 0.124 e. The van der Waals surface area contributed by atoms with Crippen LogP contribution in [-0.2, 0) is 6.42 Å². The van der Waals surface area contributed by atoms with Crippen molar-refractivity contribution in [2.75, 3.05) is 5.73 Å². The van der Waals surface area contributed by atoms with E-state index < -0.39 is 0 Å². The minimum atomic E-state index is 0.580. The molecule has 2 N–H and O–H groups in total. The van der Waals surface area contributed by atoms with Crippen molar-refractivity contribution in [3.63, 3.8) is 0 Å². The third-order valence-corrected chi connectivity index (χ3v) is 2.18. The van der Waals surface area contributed by atoms with E-state index in [1.165, 1.54) is 5.56 Å². The van der Waals surface area contributed by atoms with Crippen molar-refractivity contribution in [2.24, 2.45) is 0 Å². The molecule has 0 aliphatic carbocycles. The van der Waals surface area contributed by atoms with Crippen LogP contribution in [0.25, 0.3) is 10.9 Å². The molecule has 0 unspecified atom stereocenters. The van der Waals surface area contributed by atoms with Gasteiger partial charge in [0.05, 0.1) is 5.52 Å². The fraction of sp³-hybridized carbons (Fsp3) is 0.182. The van der Waals surface area contributed by atoms with Crippen LogP contribution >= 0.6 is 0 Å². The normalized spacial score (nSPS) is 10.5. The van der Waals surface area contributed by atoms with Crippen LogP contribution in [0.1, 0.15) is 12.5 Å². The molecule has 0 saturated carbocycles. The van der Waals surface area contributed by atoms with Gasteiger partial charge < -0.3 is 5.73 Å². The van der Waals surface area contributed by atoms with Crippen molar-refractivity contribution in [1.29, 1.82) is 0 Å². The SMILES string of the molecule is CCc1ccc2nc(N)ccc2c1. The summed E-state index contributed by atoms with van der Waals surface area (Å²) in [6.45, 7) is 2.14. The summed E-state index contributed by atoms with van der Waals surface area (Å²) >= 11 is 0. The van der Waals surface area contributed by atoms with E-state index in [2.05, 4.69) is 24.0 Å². The summed E-state index contributed by atoms with van der Waals surface area (Å²) in [5, 5.41) is 1.16. The number of hydrogen-bond acceptors (Lipinski definition) is 2. The number of pyridine rings is 1. The Bertz CT molecular complexity index is 435. The van der Waals surface area contributed by atoms with Crippen molar-refractivity contribution in [1.82, 2.24) is 4.98 Å². The first-order chi connectivity index (χ1) is 6.29. The first-order valence-corrected chi connectivity index (χ1v) is 4.45. The zero-order valence-corrected chi connectivity index (χ0v) is 7.62. The molecule has 1 aromatic heterocycles. The van der Waals surface area contributed by atoms with E-state index in [1.807, 2.05) is 18.2 Å². The van der Waals surface area contributed by atoms with E-state index in [1.54, 1.807) is 0 Å². The molecule has 2 aromatic rings. The maximum Gasteiger partial charge on any atom is 0.124 e. The van der Waals surface area contributed by atoms with Crippen LogP contribution in [0.2, 0.25) is 0 Å². The van der Waals surface area contributed by atoms with Crippen molar-refractivity contribution >= 4 is 16.7 Å². The van der Waals surface area contributed by atoms with Gasteiger partial charge in [-0.25, -0.2) is 4.98 Å². The van der Waals surface area contributed by atoms with Gasteiger partial charge in [-0.1, -0.05) is 13.0 Å². The predicted octanol–water partition coefficient (Wildman–Crippen LogP) is 2.38. The fourth-order valence-electron chi connectivity index (χ4n) is 1.41. The molecule has 1 heterocycles. The molecule has 0 saturated heterocycles. The van der Waals surface area contributed by atoms with E-state index in [9.17, 15) is 0 Å². The maximum absolute atomic E-state index is 5.58. The number of nitrogens with zero attached hydrogens (tertiary/aromatic N) is 1. The highest BCUT2D eigenvalue weighted by molar-refractivity contribution is 5.80. The van der Waals surface area contributed by atoms with Crippen molar-refractivity contribution in [2.45, 2.75) is 13.3 Å². The van der Waals surface area contributed by atoms with Gasteiger partial charge in [-0.2, -0.15) is 0 Å². The van der Waals surface area contributed by atoms with Gasteiger partial charge >= 0.3 is 0 Å². The van der Waals surface area contributed by atoms with E-state index in [0.717, 1.165) is 17.3 Å². The van der Waals surface area contributed by atoms with Crippen LogP contribution in [0.5, 0.6) is 0 Å². The lowest BCUT2D eigenvalue weighted by atomic mass is 10.1. The summed E-state index contributed by atoms with van der Waals surface area (Å²) in [5.74, 6) is 0.580. The van der Waals surface area contributed by atoms with Gasteiger partial charge in [-0.05, 0) is 36.2 Å². The van der Waals surface area contributed by atoms with Crippen LogP contribution in [0.15, 0.2) is 30.3 Å². The van der Waals surface area contributed by atoms with Gasteiger partial charge in [0, 0.05) is 5.39 Å². The average molecular weight is 172 g/mol. The van der Waals surface area contributed by atoms with Crippen LogP contribution in [0.4, 0.5) is 5.82 Å². The second-order valence-corrected chi connectivity index (χ2v) is 3.12. The Morgan fingerprint density at radius 3 is 2.85 bits per heavy atom. The van der Waals surface area contributed by atoms with E-state index in [4.69, 9.17) is 5.73 Å². The minimum absolute atomic E-state index is 0.580. The highest BCUT2D eigenvalue weighted by atomic mass is 14.8. The summed E-state index contributed by atoms with van der Waals surface area (Å²) in [4.78, 5) is 4.23. The average Bonchev–Trinajstić information content (AvgIpc) is 2.17. The fourth-order valence-corrected chi connectivity index (χ4v) is 1.41. The quantitative estimate of drug-likeness (QED) is 0.717. The molecule has 0 bridgehead atoms. The molecule has 0 aliphatic rings. The van der Waals surface area contributed by atoms with Crippen molar-refractivity contribution < 1.29 is 0 Å². The van der Waals surface area contributed by atoms with E-state index in [0.29, 0.717) is 5.82 Å². The second kappa shape index (κ2) is 3.05. The van der Waals surface area contributed by atoms with Crippen LogP contribution in [-0.4, -0.2) is 4.98 Å². The number of nitrogen functional groups attached to an aromatic ring is 1. The molecule has 66 valence electrons. The lowest BCUT2D eigenvalue weighted by molar-refractivity contribution is 1.14. The number of nitrogens with two attached hydrogens (primary N) is 1. The predicted molar refractivity (Wildman–Crippen MR) is 55.5 cm³/mol. The third kappa shape index (κ3) is 1.47. The van der Waals surface area contributed by atoms with Gasteiger partial charge in [0.15, 0.2) is 0 Å². The lowest BCUT2D eigenvalue weighted by Gasteiger charge is -2.00. The Hall–Kier alpha value is -1.57. The number of aryl methyl sites for hydroxylation is 1. The highest BCUT2D eigenvalue weighted by Crippen LogP contribution is 2.15. The minimum Gasteiger partial charge on any atom is -0.384 e. The number of anilines is 1. The molecule has 2 nitrogen and oxygen atoms in total. The lowest BCUT2D eigenvalue weighted by Crippen LogP contribution is -1.90. The van der Waals surface area contributed by atoms with Gasteiger partial charge in [0.2, 0.25) is 0 Å². The van der Waals surface area contributed by atoms with Gasteiger partial charge in [0.1, 0.15) is 5.82 Å². The number of rotatable bonds is 1. The summed E-state index contributed by atoms with van der Waals surface area (Å²) in [6.07, 6.45) is 1.06. The van der Waals surface area contributed by atoms with Gasteiger partial charge in [-0.15, -0.1) is 0 Å². The summed E-state index contributed by atoms with van der Waals surface area (Å²) in [6, 6.07) is 10.1. The molecule has 2 rings (SSSR count). The Morgan fingerprint density at radius 1 is 1.23 bits per heavy atom. The van der Waals surface area contributed by atoms with E-state index >= 15 is 0 Å². The monoisotopic (exact) mass is 172 g/mol. The van der Waals surface area contributed by atoms with Gasteiger partial charge in [0.25, 0.3) is 0 Å². The van der Waals surface area contributed by atoms with Crippen molar-refractivity contribution in [3.8, 4) is 0 Å². The molecule has 0 amide bonds. The van der Waals surface area contributed by atoms with Crippen LogP contribution in [0.3, 0.4) is 0 Å². The highest BCUT2D eigenvalue weighted by Gasteiger charge is 1.96. The number of hydrogen-bond donors (Lipinski definition) is 1. The third-order valence-electron chi connectivity index (χ3n) is 2.18. The molecule has 2 heteroatoms. The van der Waals surface area contributed by atoms with E-state index in [-0.39, 0.29) is 0 Å². The number of fused-ring (bicyclic) bond motifs is 1. The molecular formula is C11H12N2. The molecular weight excluding hydrogens is 160 g/mol. The molecule has 13 heavy (non-hydrogen) atoms. The Balaban J connectivity index is 2.66. The summed E-state index contributed by atoms with van der Waals surface area (Å²) in [7, 11) is 0. The van der Waals surface area contributed by atoms with Gasteiger partial charge in [-0.3, -0.25) is 0 Å². The maximum atomic E-state index is 5.58. The van der Waals surface area contributed by atoms with Crippen LogP contribution in [0, 0.1) is 0 Å².